The fourth-order valence-electron chi connectivity index (χ4n) is 4.68. The zero-order valence-corrected chi connectivity index (χ0v) is 17.8. The third-order valence-corrected chi connectivity index (χ3v) is 6.49. The van der Waals surface area contributed by atoms with Crippen LogP contribution in [0.15, 0.2) is 53.6 Å². The van der Waals surface area contributed by atoms with E-state index in [2.05, 4.69) is 25.8 Å². The smallest absolute Gasteiger partial charge is 0.244 e. The molecule has 7 heteroatoms. The lowest BCUT2D eigenvalue weighted by Crippen LogP contribution is -2.51. The van der Waals surface area contributed by atoms with E-state index in [9.17, 15) is 4.79 Å². The van der Waals surface area contributed by atoms with E-state index in [-0.39, 0.29) is 11.8 Å². The van der Waals surface area contributed by atoms with E-state index in [0.717, 1.165) is 35.0 Å². The van der Waals surface area contributed by atoms with Crippen LogP contribution in [0.5, 0.6) is 0 Å². The molecule has 2 fully saturated rings. The number of rotatable bonds is 4. The number of anilines is 1. The fourth-order valence-corrected chi connectivity index (χ4v) is 4.86. The summed E-state index contributed by atoms with van der Waals surface area (Å²) < 4.78 is 0. The summed E-state index contributed by atoms with van der Waals surface area (Å²) in [7, 11) is 0. The van der Waals surface area contributed by atoms with Gasteiger partial charge in [-0.2, -0.15) is 5.10 Å². The van der Waals surface area contributed by atoms with Crippen LogP contribution in [-0.4, -0.2) is 28.1 Å². The van der Waals surface area contributed by atoms with Crippen LogP contribution in [0.3, 0.4) is 0 Å². The first kappa shape index (κ1) is 19.9. The van der Waals surface area contributed by atoms with E-state index >= 15 is 0 Å². The summed E-state index contributed by atoms with van der Waals surface area (Å²) in [5.74, 6) is 0.776. The van der Waals surface area contributed by atoms with Crippen molar-refractivity contribution in [1.82, 2.24) is 15.3 Å². The third kappa shape index (κ3) is 4.26. The Kier molecular flexibility index (Phi) is 5.55. The summed E-state index contributed by atoms with van der Waals surface area (Å²) >= 11 is 6.22. The van der Waals surface area contributed by atoms with Crippen molar-refractivity contribution in [1.29, 1.82) is 0 Å². The Bertz CT molecular complexity index is 1130. The molecule has 6 nitrogen and oxygen atoms in total. The highest BCUT2D eigenvalue weighted by atomic mass is 35.5. The minimum absolute atomic E-state index is 0.0627. The molecule has 1 saturated heterocycles. The van der Waals surface area contributed by atoms with Crippen LogP contribution < -0.4 is 10.7 Å². The Morgan fingerprint density at radius 2 is 1.94 bits per heavy atom. The number of carbonyl (C=O) groups is 1. The molecule has 1 saturated carbocycles. The Morgan fingerprint density at radius 3 is 2.81 bits per heavy atom. The fraction of sp³-hybridized carbons (Fsp3) is 0.333. The molecule has 2 N–H and O–H groups in total. The van der Waals surface area contributed by atoms with Crippen LogP contribution in [0.2, 0.25) is 5.02 Å². The van der Waals surface area contributed by atoms with Crippen molar-refractivity contribution in [3.63, 3.8) is 0 Å². The van der Waals surface area contributed by atoms with E-state index in [1.807, 2.05) is 48.5 Å². The highest BCUT2D eigenvalue weighted by molar-refractivity contribution is 6.31. The molecule has 0 spiro atoms. The minimum atomic E-state index is -0.222. The minimum Gasteiger partial charge on any atom is -0.353 e. The maximum absolute atomic E-state index is 12.5. The van der Waals surface area contributed by atoms with Crippen LogP contribution in [0.25, 0.3) is 22.2 Å². The lowest BCUT2D eigenvalue weighted by molar-refractivity contribution is -0.127. The summed E-state index contributed by atoms with van der Waals surface area (Å²) in [6, 6.07) is 15.8. The standard InChI is InChI=1S/C24H24ClN5O/c25-18-10-11-21-19(13-18)22(15-6-2-1-3-7-15)29-24(28-21)30-26-14-17-12-16-8-4-5-9-20(16)27-23(17)31/h1-3,6-7,10-11,13-14,16-17,20H,4-5,8-9,12H2,(H,27,31)(H,28,29,30)/b26-14+. The number of halogens is 1. The number of amides is 1. The van der Waals surface area contributed by atoms with Crippen molar-refractivity contribution in [2.75, 3.05) is 5.43 Å². The van der Waals surface area contributed by atoms with Crippen LogP contribution in [0.1, 0.15) is 32.1 Å². The number of hydrazone groups is 1. The summed E-state index contributed by atoms with van der Waals surface area (Å²) in [5, 5.41) is 9.01. The zero-order chi connectivity index (χ0) is 21.2. The molecule has 2 heterocycles. The van der Waals surface area contributed by atoms with Crippen molar-refractivity contribution in [3.05, 3.63) is 53.6 Å². The number of fused-ring (bicyclic) bond motifs is 2. The molecular weight excluding hydrogens is 410 g/mol. The number of carbonyl (C=O) groups excluding carboxylic acids is 1. The number of aromatic nitrogens is 2. The summed E-state index contributed by atoms with van der Waals surface area (Å²) in [6.07, 6.45) is 7.27. The van der Waals surface area contributed by atoms with Crippen molar-refractivity contribution in [2.24, 2.45) is 16.9 Å². The third-order valence-electron chi connectivity index (χ3n) is 6.25. The van der Waals surface area contributed by atoms with Gasteiger partial charge in [0.25, 0.3) is 0 Å². The van der Waals surface area contributed by atoms with Crippen LogP contribution in [-0.2, 0) is 4.79 Å². The second-order valence-corrected chi connectivity index (χ2v) is 8.75. The molecule has 3 unspecified atom stereocenters. The Labute approximate surface area is 186 Å². The van der Waals surface area contributed by atoms with E-state index in [0.29, 0.717) is 22.9 Å². The topological polar surface area (TPSA) is 79.3 Å². The second kappa shape index (κ2) is 8.63. The van der Waals surface area contributed by atoms with Gasteiger partial charge < -0.3 is 5.32 Å². The largest absolute Gasteiger partial charge is 0.353 e. The normalized spacial score (nSPS) is 23.5. The molecular formula is C24H24ClN5O. The summed E-state index contributed by atoms with van der Waals surface area (Å²) in [5.41, 5.74) is 5.47. The van der Waals surface area contributed by atoms with Crippen LogP contribution >= 0.6 is 11.6 Å². The van der Waals surface area contributed by atoms with Crippen LogP contribution in [0, 0.1) is 11.8 Å². The highest BCUT2D eigenvalue weighted by Gasteiger charge is 2.35. The molecule has 3 atom stereocenters. The van der Waals surface area contributed by atoms with Gasteiger partial charge in [-0.05, 0) is 43.4 Å². The maximum atomic E-state index is 12.5. The van der Waals surface area contributed by atoms with Gasteiger partial charge in [0.05, 0.1) is 17.1 Å². The molecule has 2 aromatic carbocycles. The van der Waals surface area contributed by atoms with E-state index in [1.54, 1.807) is 6.21 Å². The van der Waals surface area contributed by atoms with Crippen molar-refractivity contribution in [2.45, 2.75) is 38.1 Å². The Morgan fingerprint density at radius 1 is 1.10 bits per heavy atom. The zero-order valence-electron chi connectivity index (χ0n) is 17.1. The Balaban J connectivity index is 1.39. The first-order chi connectivity index (χ1) is 15.2. The maximum Gasteiger partial charge on any atom is 0.244 e. The average molecular weight is 434 g/mol. The lowest BCUT2D eigenvalue weighted by atomic mass is 9.76. The average Bonchev–Trinajstić information content (AvgIpc) is 2.79. The predicted octanol–water partition coefficient (Wildman–Crippen LogP) is 5.04. The van der Waals surface area contributed by atoms with Crippen molar-refractivity contribution >= 4 is 40.6 Å². The molecule has 158 valence electrons. The number of hydrogen-bond donors (Lipinski definition) is 2. The molecule has 0 radical (unpaired) electrons. The summed E-state index contributed by atoms with van der Waals surface area (Å²) in [4.78, 5) is 21.7. The summed E-state index contributed by atoms with van der Waals surface area (Å²) in [6.45, 7) is 0. The van der Waals surface area contributed by atoms with Gasteiger partial charge in [0.2, 0.25) is 11.9 Å². The van der Waals surface area contributed by atoms with E-state index in [4.69, 9.17) is 11.6 Å². The quantitative estimate of drug-likeness (QED) is 0.446. The molecule has 0 bridgehead atoms. The van der Waals surface area contributed by atoms with Crippen molar-refractivity contribution < 1.29 is 4.79 Å². The van der Waals surface area contributed by atoms with Gasteiger partial charge in [0.1, 0.15) is 0 Å². The predicted molar refractivity (Wildman–Crippen MR) is 124 cm³/mol. The molecule has 1 aromatic heterocycles. The van der Waals surface area contributed by atoms with Gasteiger partial charge in [-0.1, -0.05) is 54.8 Å². The van der Waals surface area contributed by atoms with Gasteiger partial charge in [-0.15, -0.1) is 0 Å². The van der Waals surface area contributed by atoms with Crippen molar-refractivity contribution in [3.8, 4) is 11.3 Å². The molecule has 2 aliphatic rings. The monoisotopic (exact) mass is 433 g/mol. The van der Waals surface area contributed by atoms with Gasteiger partial charge in [-0.25, -0.2) is 15.4 Å². The number of hydrogen-bond acceptors (Lipinski definition) is 5. The number of benzene rings is 2. The van der Waals surface area contributed by atoms with E-state index in [1.165, 1.54) is 19.3 Å². The van der Waals surface area contributed by atoms with Gasteiger partial charge in [0, 0.05) is 28.2 Å². The molecule has 3 aromatic rings. The Hall–Kier alpha value is -2.99. The molecule has 31 heavy (non-hydrogen) atoms. The van der Waals surface area contributed by atoms with Gasteiger partial charge >= 0.3 is 0 Å². The molecule has 1 aliphatic heterocycles. The second-order valence-electron chi connectivity index (χ2n) is 8.32. The number of piperidine rings is 1. The van der Waals surface area contributed by atoms with Crippen LogP contribution in [0.4, 0.5) is 5.95 Å². The highest BCUT2D eigenvalue weighted by Crippen LogP contribution is 2.33. The van der Waals surface area contributed by atoms with Gasteiger partial charge in [0.15, 0.2) is 0 Å². The SMILES string of the molecule is O=C1NC2CCCCC2CC1/C=N/Nc1nc(-c2ccccc2)c2cc(Cl)ccc2n1. The molecule has 1 aliphatic carbocycles. The molecule has 1 amide bonds. The molecule has 5 rings (SSSR count). The number of nitrogens with zero attached hydrogens (tertiary/aromatic N) is 3. The van der Waals surface area contributed by atoms with E-state index < -0.39 is 0 Å². The lowest BCUT2D eigenvalue weighted by Gasteiger charge is -2.38. The number of nitrogens with one attached hydrogen (secondary N) is 2. The first-order valence-electron chi connectivity index (χ1n) is 10.8. The first-order valence-corrected chi connectivity index (χ1v) is 11.2. The van der Waals surface area contributed by atoms with Gasteiger partial charge in [-0.3, -0.25) is 4.79 Å².